The maximum absolute atomic E-state index is 10.3. The summed E-state index contributed by atoms with van der Waals surface area (Å²) >= 11 is 0. The van der Waals surface area contributed by atoms with Gasteiger partial charge in [-0.1, -0.05) is 13.0 Å². The minimum Gasteiger partial charge on any atom is -0.508 e. The van der Waals surface area contributed by atoms with Gasteiger partial charge in [-0.3, -0.25) is 0 Å². The average molecular weight is 277 g/mol. The van der Waals surface area contributed by atoms with Crippen LogP contribution in [0.25, 0.3) is 0 Å². The van der Waals surface area contributed by atoms with Crippen LogP contribution in [0.5, 0.6) is 5.75 Å². The lowest BCUT2D eigenvalue weighted by Crippen LogP contribution is -2.50. The summed E-state index contributed by atoms with van der Waals surface area (Å²) in [4.78, 5) is 4.73. The Morgan fingerprint density at radius 2 is 2.15 bits per heavy atom. The molecule has 1 aliphatic rings. The highest BCUT2D eigenvalue weighted by Crippen LogP contribution is 2.29. The van der Waals surface area contributed by atoms with Crippen LogP contribution in [0.3, 0.4) is 0 Å². The van der Waals surface area contributed by atoms with Gasteiger partial charge in [-0.15, -0.1) is 0 Å². The lowest BCUT2D eigenvalue weighted by Gasteiger charge is -2.39. The molecule has 4 nitrogen and oxygen atoms in total. The van der Waals surface area contributed by atoms with Crippen LogP contribution in [0.2, 0.25) is 0 Å². The third-order valence-electron chi connectivity index (χ3n) is 4.32. The first-order valence-electron chi connectivity index (χ1n) is 7.54. The second kappa shape index (κ2) is 6.46. The molecule has 0 saturated carbocycles. The van der Waals surface area contributed by atoms with Crippen molar-refractivity contribution in [2.24, 2.45) is 0 Å². The van der Waals surface area contributed by atoms with Gasteiger partial charge in [0.25, 0.3) is 0 Å². The highest BCUT2D eigenvalue weighted by Gasteiger charge is 2.21. The molecule has 2 atom stereocenters. The predicted octanol–water partition coefficient (Wildman–Crippen LogP) is 2.20. The Labute approximate surface area is 122 Å². The van der Waals surface area contributed by atoms with E-state index in [-0.39, 0.29) is 6.04 Å². The summed E-state index contributed by atoms with van der Waals surface area (Å²) in [6, 6.07) is 6.80. The van der Waals surface area contributed by atoms with Gasteiger partial charge in [0.15, 0.2) is 0 Å². The van der Waals surface area contributed by atoms with E-state index >= 15 is 0 Å². The average Bonchev–Trinajstić information content (AvgIpc) is 2.42. The van der Waals surface area contributed by atoms with Crippen molar-refractivity contribution in [1.82, 2.24) is 10.2 Å². The molecule has 0 aliphatic carbocycles. The fourth-order valence-electron chi connectivity index (χ4n) is 2.79. The van der Waals surface area contributed by atoms with E-state index < -0.39 is 0 Å². The summed E-state index contributed by atoms with van der Waals surface area (Å²) < 4.78 is 0. The number of likely N-dealkylation sites (N-methyl/N-ethyl adjacent to an activating group) is 1. The summed E-state index contributed by atoms with van der Waals surface area (Å²) in [5.41, 5.74) is 2.09. The van der Waals surface area contributed by atoms with Crippen LogP contribution >= 0.6 is 0 Å². The molecule has 1 aromatic rings. The molecule has 2 unspecified atom stereocenters. The van der Waals surface area contributed by atoms with Crippen LogP contribution in [-0.2, 0) is 0 Å². The highest BCUT2D eigenvalue weighted by atomic mass is 16.3. The minimum absolute atomic E-state index is 0.181. The highest BCUT2D eigenvalue weighted by molar-refractivity contribution is 5.54. The lowest BCUT2D eigenvalue weighted by molar-refractivity contribution is 0.234. The number of nitrogens with one attached hydrogen (secondary N) is 1. The van der Waals surface area contributed by atoms with Gasteiger partial charge < -0.3 is 20.2 Å². The number of piperazine rings is 1. The Morgan fingerprint density at radius 1 is 1.40 bits per heavy atom. The van der Waals surface area contributed by atoms with Crippen LogP contribution in [-0.4, -0.2) is 49.3 Å². The number of phenolic OH excluding ortho intramolecular Hbond substituents is 1. The maximum atomic E-state index is 10.3. The summed E-state index contributed by atoms with van der Waals surface area (Å²) in [6.07, 6.45) is 0. The zero-order valence-corrected chi connectivity index (χ0v) is 13.1. The molecular weight excluding hydrogens is 250 g/mol. The van der Waals surface area contributed by atoms with Crippen molar-refractivity contribution in [3.05, 3.63) is 23.8 Å². The number of aromatic hydroxyl groups is 1. The molecule has 0 aromatic heterocycles. The fourth-order valence-corrected chi connectivity index (χ4v) is 2.79. The third kappa shape index (κ3) is 3.25. The molecule has 4 heteroatoms. The van der Waals surface area contributed by atoms with E-state index in [9.17, 15) is 5.11 Å². The molecule has 0 radical (unpaired) electrons. The second-order valence-electron chi connectivity index (χ2n) is 5.80. The fraction of sp³-hybridized carbons (Fsp3) is 0.625. The Kier molecular flexibility index (Phi) is 4.89. The largest absolute Gasteiger partial charge is 0.508 e. The van der Waals surface area contributed by atoms with E-state index in [1.54, 1.807) is 0 Å². The Bertz CT molecular complexity index is 449. The molecule has 0 bridgehead atoms. The maximum Gasteiger partial charge on any atom is 0.122 e. The number of hydrogen-bond acceptors (Lipinski definition) is 4. The van der Waals surface area contributed by atoms with Crippen molar-refractivity contribution in [2.45, 2.75) is 32.9 Å². The molecule has 1 aromatic carbocycles. The van der Waals surface area contributed by atoms with Gasteiger partial charge in [0, 0.05) is 49.0 Å². The van der Waals surface area contributed by atoms with Crippen LogP contribution in [0.15, 0.2) is 18.2 Å². The Morgan fingerprint density at radius 3 is 2.75 bits per heavy atom. The molecule has 1 saturated heterocycles. The molecule has 2 N–H and O–H groups in total. The predicted molar refractivity (Wildman–Crippen MR) is 84.5 cm³/mol. The Balaban J connectivity index is 2.13. The second-order valence-corrected chi connectivity index (χ2v) is 5.80. The van der Waals surface area contributed by atoms with Gasteiger partial charge in [-0.2, -0.15) is 0 Å². The van der Waals surface area contributed by atoms with E-state index in [0.29, 0.717) is 11.8 Å². The van der Waals surface area contributed by atoms with Crippen LogP contribution < -0.4 is 10.2 Å². The zero-order chi connectivity index (χ0) is 14.7. The molecule has 0 spiro atoms. The van der Waals surface area contributed by atoms with E-state index in [2.05, 4.69) is 49.0 Å². The quantitative estimate of drug-likeness (QED) is 0.885. The van der Waals surface area contributed by atoms with Gasteiger partial charge in [-0.05, 0) is 33.5 Å². The van der Waals surface area contributed by atoms with Crippen molar-refractivity contribution >= 4 is 5.69 Å². The van der Waals surface area contributed by atoms with Gasteiger partial charge >= 0.3 is 0 Å². The molecule has 1 fully saturated rings. The third-order valence-corrected chi connectivity index (χ3v) is 4.32. The van der Waals surface area contributed by atoms with E-state index in [4.69, 9.17) is 0 Å². The molecule has 112 valence electrons. The van der Waals surface area contributed by atoms with Gasteiger partial charge in [-0.25, -0.2) is 0 Å². The minimum atomic E-state index is 0.181. The number of rotatable bonds is 4. The smallest absolute Gasteiger partial charge is 0.122 e. The molecule has 2 rings (SSSR count). The molecule has 20 heavy (non-hydrogen) atoms. The summed E-state index contributed by atoms with van der Waals surface area (Å²) in [5.74, 6) is 0.391. The van der Waals surface area contributed by atoms with Crippen molar-refractivity contribution in [2.75, 3.05) is 38.1 Å². The molecular formula is C16H27N3O. The summed E-state index contributed by atoms with van der Waals surface area (Å²) in [6.45, 7) is 10.4. The number of nitrogens with zero attached hydrogens (tertiary/aromatic N) is 2. The van der Waals surface area contributed by atoms with Crippen LogP contribution in [0, 0.1) is 0 Å². The standard InChI is InChI=1S/C16H27N3O/c1-5-17-13(3)15-7-6-14(10-16(15)20)19-9-8-18(4)12(2)11-19/h6-7,10,12-13,17,20H,5,8-9,11H2,1-4H3. The zero-order valence-electron chi connectivity index (χ0n) is 13.1. The Hall–Kier alpha value is -1.26. The number of phenols is 1. The molecule has 1 aliphatic heterocycles. The molecule has 0 amide bonds. The molecule has 1 heterocycles. The normalized spacial score (nSPS) is 22.0. The number of anilines is 1. The van der Waals surface area contributed by atoms with Crippen molar-refractivity contribution in [3.63, 3.8) is 0 Å². The topological polar surface area (TPSA) is 38.7 Å². The number of hydrogen-bond donors (Lipinski definition) is 2. The van der Waals surface area contributed by atoms with Crippen molar-refractivity contribution < 1.29 is 5.11 Å². The lowest BCUT2D eigenvalue weighted by atomic mass is 10.1. The number of benzene rings is 1. The summed E-state index contributed by atoms with van der Waals surface area (Å²) in [7, 11) is 2.17. The van der Waals surface area contributed by atoms with E-state index in [0.717, 1.165) is 37.4 Å². The van der Waals surface area contributed by atoms with E-state index in [1.807, 2.05) is 12.1 Å². The first-order valence-corrected chi connectivity index (χ1v) is 7.54. The van der Waals surface area contributed by atoms with Crippen LogP contribution in [0.1, 0.15) is 32.4 Å². The van der Waals surface area contributed by atoms with Crippen molar-refractivity contribution in [3.8, 4) is 5.75 Å². The monoisotopic (exact) mass is 277 g/mol. The summed E-state index contributed by atoms with van der Waals surface area (Å²) in [5, 5.41) is 13.6. The van der Waals surface area contributed by atoms with E-state index in [1.165, 1.54) is 0 Å². The first-order chi connectivity index (χ1) is 9.52. The SMILES string of the molecule is CCNC(C)c1ccc(N2CCN(C)C(C)C2)cc1O. The van der Waals surface area contributed by atoms with Gasteiger partial charge in [0.2, 0.25) is 0 Å². The van der Waals surface area contributed by atoms with Crippen LogP contribution in [0.4, 0.5) is 5.69 Å². The van der Waals surface area contributed by atoms with Crippen molar-refractivity contribution in [1.29, 1.82) is 0 Å². The van der Waals surface area contributed by atoms with Gasteiger partial charge in [0.1, 0.15) is 5.75 Å². The first kappa shape index (κ1) is 15.1. The van der Waals surface area contributed by atoms with Gasteiger partial charge in [0.05, 0.1) is 0 Å².